The first-order chi connectivity index (χ1) is 10.1. The van der Waals surface area contributed by atoms with E-state index in [0.717, 1.165) is 6.42 Å². The number of carboxylic acid groups (broad SMARTS) is 1. The quantitative estimate of drug-likeness (QED) is 0.776. The predicted octanol–water partition coefficient (Wildman–Crippen LogP) is 1.33. The van der Waals surface area contributed by atoms with Crippen LogP contribution in [0, 0.1) is 0 Å². The Bertz CT molecular complexity index is 515. The molecule has 6 nitrogen and oxygen atoms in total. The van der Waals surface area contributed by atoms with Crippen molar-refractivity contribution in [1.29, 1.82) is 0 Å². The highest BCUT2D eigenvalue weighted by atomic mass is 32.1. The zero-order valence-corrected chi connectivity index (χ0v) is 12.4. The van der Waals surface area contributed by atoms with E-state index in [1.54, 1.807) is 6.07 Å². The van der Waals surface area contributed by atoms with Gasteiger partial charge in [0.1, 0.15) is 6.04 Å². The lowest BCUT2D eigenvalue weighted by molar-refractivity contribution is -0.148. The monoisotopic (exact) mass is 310 g/mol. The molecule has 0 spiro atoms. The number of carbonyl (C=O) groups is 3. The summed E-state index contributed by atoms with van der Waals surface area (Å²) >= 11 is 1.37. The molecule has 0 aliphatic carbocycles. The first-order valence-corrected chi connectivity index (χ1v) is 7.81. The normalized spacial score (nSPS) is 17.7. The number of carbonyl (C=O) groups excluding carboxylic acids is 2. The molecule has 0 bridgehead atoms. The molecule has 1 unspecified atom stereocenters. The van der Waals surface area contributed by atoms with Gasteiger partial charge in [0.05, 0.1) is 4.88 Å². The van der Waals surface area contributed by atoms with Gasteiger partial charge in [0.15, 0.2) is 0 Å². The molecule has 114 valence electrons. The third-order valence-corrected chi connectivity index (χ3v) is 4.32. The Hall–Kier alpha value is -1.89. The number of carboxylic acids is 1. The molecule has 2 N–H and O–H groups in total. The number of hydrogen-bond acceptors (Lipinski definition) is 4. The molecule has 1 fully saturated rings. The van der Waals surface area contributed by atoms with E-state index in [4.69, 9.17) is 5.11 Å². The number of thiophene rings is 1. The fraction of sp³-hybridized carbons (Fsp3) is 0.500. The van der Waals surface area contributed by atoms with E-state index in [9.17, 15) is 14.4 Å². The summed E-state index contributed by atoms with van der Waals surface area (Å²) in [5.74, 6) is -1.22. The Kier molecular flexibility index (Phi) is 5.32. The molecule has 2 amide bonds. The van der Waals surface area contributed by atoms with Crippen molar-refractivity contribution in [3.8, 4) is 0 Å². The molecule has 1 saturated heterocycles. The fourth-order valence-electron chi connectivity index (χ4n) is 2.40. The van der Waals surface area contributed by atoms with Crippen molar-refractivity contribution >= 4 is 29.1 Å². The third-order valence-electron chi connectivity index (χ3n) is 3.46. The molecular formula is C14H18N2O4S. The highest BCUT2D eigenvalue weighted by molar-refractivity contribution is 7.12. The third kappa shape index (κ3) is 4.04. The van der Waals surface area contributed by atoms with Crippen molar-refractivity contribution in [3.05, 3.63) is 22.4 Å². The van der Waals surface area contributed by atoms with Crippen LogP contribution in [0.5, 0.6) is 0 Å². The molecule has 1 aliphatic rings. The minimum atomic E-state index is -0.938. The number of rotatable bonds is 6. The molecule has 7 heteroatoms. The van der Waals surface area contributed by atoms with Crippen molar-refractivity contribution in [3.63, 3.8) is 0 Å². The number of nitrogens with zero attached hydrogens (tertiary/aromatic N) is 1. The standard InChI is InChI=1S/C14H18N2O4S/c17-12(16-8-2-4-10(16)14(19)20)6-1-7-15-13(18)11-5-3-9-21-11/h3,5,9-10H,1-2,4,6-8H2,(H,15,18)(H,19,20). The molecule has 0 aromatic carbocycles. The lowest BCUT2D eigenvalue weighted by Crippen LogP contribution is -2.40. The van der Waals surface area contributed by atoms with Gasteiger partial charge in [0, 0.05) is 19.5 Å². The van der Waals surface area contributed by atoms with Crippen molar-refractivity contribution < 1.29 is 19.5 Å². The molecule has 2 rings (SSSR count). The number of likely N-dealkylation sites (tertiary alicyclic amines) is 1. The summed E-state index contributed by atoms with van der Waals surface area (Å²) in [5.41, 5.74) is 0. The van der Waals surface area contributed by atoms with Crippen molar-refractivity contribution in [2.45, 2.75) is 31.7 Å². The maximum absolute atomic E-state index is 12.0. The van der Waals surface area contributed by atoms with Gasteiger partial charge in [-0.15, -0.1) is 11.3 Å². The van der Waals surface area contributed by atoms with Gasteiger partial charge in [0.2, 0.25) is 5.91 Å². The van der Waals surface area contributed by atoms with E-state index in [0.29, 0.717) is 30.8 Å². The summed E-state index contributed by atoms with van der Waals surface area (Å²) in [4.78, 5) is 36.8. The van der Waals surface area contributed by atoms with Crippen LogP contribution < -0.4 is 5.32 Å². The van der Waals surface area contributed by atoms with Gasteiger partial charge < -0.3 is 15.3 Å². The SMILES string of the molecule is O=C(NCCCC(=O)N1CCCC1C(=O)O)c1cccs1. The Morgan fingerprint density at radius 1 is 1.43 bits per heavy atom. The van der Waals surface area contributed by atoms with Crippen LogP contribution >= 0.6 is 11.3 Å². The Morgan fingerprint density at radius 2 is 2.24 bits per heavy atom. The average molecular weight is 310 g/mol. The average Bonchev–Trinajstić information content (AvgIpc) is 3.12. The number of amides is 2. The Morgan fingerprint density at radius 3 is 2.90 bits per heavy atom. The number of nitrogens with one attached hydrogen (secondary N) is 1. The van der Waals surface area contributed by atoms with Gasteiger partial charge in [-0.05, 0) is 30.7 Å². The summed E-state index contributed by atoms with van der Waals surface area (Å²) in [7, 11) is 0. The van der Waals surface area contributed by atoms with Crippen LogP contribution in [0.15, 0.2) is 17.5 Å². The zero-order chi connectivity index (χ0) is 15.2. The first kappa shape index (κ1) is 15.5. The van der Waals surface area contributed by atoms with Gasteiger partial charge in [-0.3, -0.25) is 9.59 Å². The topological polar surface area (TPSA) is 86.7 Å². The van der Waals surface area contributed by atoms with Crippen molar-refractivity contribution in [1.82, 2.24) is 10.2 Å². The van der Waals surface area contributed by atoms with Gasteiger partial charge >= 0.3 is 5.97 Å². The maximum Gasteiger partial charge on any atom is 0.326 e. The van der Waals surface area contributed by atoms with Crippen LogP contribution in [0.4, 0.5) is 0 Å². The van der Waals surface area contributed by atoms with Gasteiger partial charge in [-0.25, -0.2) is 4.79 Å². The lowest BCUT2D eigenvalue weighted by atomic mass is 10.2. The molecule has 1 aromatic heterocycles. The van der Waals surface area contributed by atoms with E-state index >= 15 is 0 Å². The first-order valence-electron chi connectivity index (χ1n) is 6.93. The number of hydrogen-bond donors (Lipinski definition) is 2. The molecule has 1 aromatic rings. The molecule has 2 heterocycles. The van der Waals surface area contributed by atoms with Crippen molar-refractivity contribution in [2.75, 3.05) is 13.1 Å². The molecule has 1 aliphatic heterocycles. The van der Waals surface area contributed by atoms with Crippen LogP contribution in [0.25, 0.3) is 0 Å². The highest BCUT2D eigenvalue weighted by Gasteiger charge is 2.33. The van der Waals surface area contributed by atoms with Crippen LogP contribution in [-0.2, 0) is 9.59 Å². The second-order valence-corrected chi connectivity index (χ2v) is 5.87. The minimum absolute atomic E-state index is 0.137. The molecule has 21 heavy (non-hydrogen) atoms. The minimum Gasteiger partial charge on any atom is -0.480 e. The van der Waals surface area contributed by atoms with Crippen LogP contribution in [0.3, 0.4) is 0 Å². The lowest BCUT2D eigenvalue weighted by Gasteiger charge is -2.21. The molecular weight excluding hydrogens is 292 g/mol. The summed E-state index contributed by atoms with van der Waals surface area (Å²) < 4.78 is 0. The van der Waals surface area contributed by atoms with Crippen LogP contribution in [-0.4, -0.2) is 46.9 Å². The maximum atomic E-state index is 12.0. The van der Waals surface area contributed by atoms with E-state index in [1.807, 2.05) is 11.4 Å². The van der Waals surface area contributed by atoms with E-state index in [-0.39, 0.29) is 18.2 Å². The zero-order valence-electron chi connectivity index (χ0n) is 11.6. The summed E-state index contributed by atoms with van der Waals surface area (Å²) in [6, 6.07) is 2.87. The van der Waals surface area contributed by atoms with E-state index in [1.165, 1.54) is 16.2 Å². The molecule has 1 atom stereocenters. The van der Waals surface area contributed by atoms with Crippen molar-refractivity contribution in [2.24, 2.45) is 0 Å². The second-order valence-electron chi connectivity index (χ2n) is 4.92. The number of aliphatic carboxylic acids is 1. The predicted molar refractivity (Wildman–Crippen MR) is 78.3 cm³/mol. The van der Waals surface area contributed by atoms with Crippen LogP contribution in [0.1, 0.15) is 35.4 Å². The summed E-state index contributed by atoms with van der Waals surface area (Å²) in [6.45, 7) is 0.922. The summed E-state index contributed by atoms with van der Waals surface area (Å²) in [6.07, 6.45) is 2.03. The smallest absolute Gasteiger partial charge is 0.326 e. The van der Waals surface area contributed by atoms with Crippen LogP contribution in [0.2, 0.25) is 0 Å². The van der Waals surface area contributed by atoms with E-state index in [2.05, 4.69) is 5.32 Å². The molecule has 0 saturated carbocycles. The Balaban J connectivity index is 1.70. The van der Waals surface area contributed by atoms with E-state index < -0.39 is 12.0 Å². The van der Waals surface area contributed by atoms with Gasteiger partial charge in [-0.1, -0.05) is 6.07 Å². The molecule has 0 radical (unpaired) electrons. The van der Waals surface area contributed by atoms with Gasteiger partial charge in [-0.2, -0.15) is 0 Å². The highest BCUT2D eigenvalue weighted by Crippen LogP contribution is 2.18. The van der Waals surface area contributed by atoms with Gasteiger partial charge in [0.25, 0.3) is 5.91 Å². The largest absolute Gasteiger partial charge is 0.480 e. The Labute approximate surface area is 126 Å². The fourth-order valence-corrected chi connectivity index (χ4v) is 3.04. The second kappa shape index (κ2) is 7.21. The summed E-state index contributed by atoms with van der Waals surface area (Å²) in [5, 5.41) is 13.6.